The summed E-state index contributed by atoms with van der Waals surface area (Å²) in [5, 5.41) is 3.14. The molecule has 7 heteroatoms. The number of sulfonamides is 1. The van der Waals surface area contributed by atoms with Gasteiger partial charge in [-0.15, -0.1) is 0 Å². The highest BCUT2D eigenvalue weighted by Gasteiger charge is 2.14. The Balaban J connectivity index is 2.52. The van der Waals surface area contributed by atoms with Gasteiger partial charge in [0, 0.05) is 18.8 Å². The Labute approximate surface area is 120 Å². The summed E-state index contributed by atoms with van der Waals surface area (Å²) >= 11 is 0. The predicted octanol–water partition coefficient (Wildman–Crippen LogP) is 1.41. The molecule has 0 radical (unpaired) electrons. The van der Waals surface area contributed by atoms with Crippen molar-refractivity contribution in [3.63, 3.8) is 0 Å². The van der Waals surface area contributed by atoms with Gasteiger partial charge in [-0.05, 0) is 31.7 Å². The van der Waals surface area contributed by atoms with Crippen molar-refractivity contribution in [2.45, 2.75) is 24.7 Å². The Morgan fingerprint density at radius 2 is 2.05 bits per heavy atom. The van der Waals surface area contributed by atoms with E-state index in [4.69, 9.17) is 10.5 Å². The highest BCUT2D eigenvalue weighted by molar-refractivity contribution is 7.89. The van der Waals surface area contributed by atoms with Gasteiger partial charge >= 0.3 is 0 Å². The van der Waals surface area contributed by atoms with Crippen LogP contribution in [0.1, 0.15) is 19.8 Å². The van der Waals surface area contributed by atoms with Crippen LogP contribution >= 0.6 is 0 Å². The number of anilines is 2. The number of ether oxygens (including phenoxy) is 1. The molecule has 0 amide bonds. The average molecular weight is 301 g/mol. The van der Waals surface area contributed by atoms with Crippen molar-refractivity contribution in [2.75, 3.05) is 37.9 Å². The molecule has 114 valence electrons. The summed E-state index contributed by atoms with van der Waals surface area (Å²) in [5.41, 5.74) is 6.76. The highest BCUT2D eigenvalue weighted by Crippen LogP contribution is 2.21. The normalized spacial score (nSPS) is 11.5. The Morgan fingerprint density at radius 1 is 1.30 bits per heavy atom. The molecule has 0 fully saturated rings. The minimum Gasteiger partial charge on any atom is -0.398 e. The molecule has 0 saturated carbocycles. The van der Waals surface area contributed by atoms with Gasteiger partial charge in [0.1, 0.15) is 4.90 Å². The van der Waals surface area contributed by atoms with Gasteiger partial charge in [0.25, 0.3) is 0 Å². The second-order valence-corrected chi connectivity index (χ2v) is 6.21. The summed E-state index contributed by atoms with van der Waals surface area (Å²) in [4.78, 5) is 0.0877. The van der Waals surface area contributed by atoms with Crippen molar-refractivity contribution >= 4 is 21.4 Å². The van der Waals surface area contributed by atoms with E-state index in [1.807, 2.05) is 0 Å². The third-order valence-corrected chi connectivity index (χ3v) is 4.27. The lowest BCUT2D eigenvalue weighted by Gasteiger charge is -2.10. The van der Waals surface area contributed by atoms with Gasteiger partial charge in [-0.25, -0.2) is 13.1 Å². The first-order valence-corrected chi connectivity index (χ1v) is 8.14. The van der Waals surface area contributed by atoms with Crippen LogP contribution in [-0.4, -0.2) is 35.2 Å². The number of benzene rings is 1. The van der Waals surface area contributed by atoms with Crippen molar-refractivity contribution in [1.29, 1.82) is 0 Å². The first-order chi connectivity index (χ1) is 9.51. The van der Waals surface area contributed by atoms with Gasteiger partial charge in [-0.1, -0.05) is 13.3 Å². The zero-order chi connectivity index (χ0) is 15.0. The molecule has 0 heterocycles. The topological polar surface area (TPSA) is 93.4 Å². The van der Waals surface area contributed by atoms with E-state index in [0.29, 0.717) is 13.2 Å². The number of unbranched alkanes of at least 4 members (excludes halogenated alkanes) is 1. The van der Waals surface area contributed by atoms with Gasteiger partial charge in [-0.3, -0.25) is 0 Å². The first kappa shape index (κ1) is 16.7. The molecule has 0 aliphatic carbocycles. The van der Waals surface area contributed by atoms with Crippen molar-refractivity contribution < 1.29 is 13.2 Å². The van der Waals surface area contributed by atoms with Gasteiger partial charge in [0.15, 0.2) is 0 Å². The fourth-order valence-corrected chi connectivity index (χ4v) is 2.47. The molecule has 0 saturated heterocycles. The SMILES string of the molecule is CCCCOCCNc1ccc(S(=O)(=O)NC)c(N)c1. The second-order valence-electron chi connectivity index (χ2n) is 4.35. The average Bonchev–Trinajstić information content (AvgIpc) is 2.42. The van der Waals surface area contributed by atoms with E-state index in [0.717, 1.165) is 25.1 Å². The van der Waals surface area contributed by atoms with Crippen LogP contribution in [0, 0.1) is 0 Å². The minimum absolute atomic E-state index is 0.0877. The van der Waals surface area contributed by atoms with Crippen LogP contribution < -0.4 is 15.8 Å². The van der Waals surface area contributed by atoms with Crippen LogP contribution in [0.3, 0.4) is 0 Å². The maximum absolute atomic E-state index is 11.7. The summed E-state index contributed by atoms with van der Waals surface area (Å²) in [6.45, 7) is 4.14. The van der Waals surface area contributed by atoms with Gasteiger partial charge in [0.2, 0.25) is 10.0 Å². The minimum atomic E-state index is -3.51. The van der Waals surface area contributed by atoms with Crippen molar-refractivity contribution in [3.8, 4) is 0 Å². The van der Waals surface area contributed by atoms with Gasteiger partial charge in [-0.2, -0.15) is 0 Å². The Bertz CT molecular complexity index is 518. The smallest absolute Gasteiger partial charge is 0.242 e. The lowest BCUT2D eigenvalue weighted by atomic mass is 10.3. The first-order valence-electron chi connectivity index (χ1n) is 6.66. The van der Waals surface area contributed by atoms with E-state index in [1.54, 1.807) is 12.1 Å². The fraction of sp³-hybridized carbons (Fsp3) is 0.538. The molecule has 20 heavy (non-hydrogen) atoms. The molecular formula is C13H23N3O3S. The fourth-order valence-electron chi connectivity index (χ4n) is 1.63. The van der Waals surface area contributed by atoms with Crippen LogP contribution in [0.4, 0.5) is 11.4 Å². The quantitative estimate of drug-likeness (QED) is 0.473. The zero-order valence-electron chi connectivity index (χ0n) is 12.0. The van der Waals surface area contributed by atoms with Crippen LogP contribution in [0.2, 0.25) is 0 Å². The van der Waals surface area contributed by atoms with Crippen LogP contribution in [0.5, 0.6) is 0 Å². The number of hydrogen-bond donors (Lipinski definition) is 3. The summed E-state index contributed by atoms with van der Waals surface area (Å²) in [6.07, 6.45) is 2.18. The maximum Gasteiger partial charge on any atom is 0.242 e. The number of hydrogen-bond acceptors (Lipinski definition) is 5. The largest absolute Gasteiger partial charge is 0.398 e. The van der Waals surface area contributed by atoms with Gasteiger partial charge in [0.05, 0.1) is 12.3 Å². The Hall–Kier alpha value is -1.31. The van der Waals surface area contributed by atoms with E-state index in [9.17, 15) is 8.42 Å². The third-order valence-electron chi connectivity index (χ3n) is 2.79. The molecule has 0 bridgehead atoms. The molecule has 0 aliphatic heterocycles. The molecule has 4 N–H and O–H groups in total. The van der Waals surface area contributed by atoms with E-state index in [2.05, 4.69) is 17.0 Å². The lowest BCUT2D eigenvalue weighted by Crippen LogP contribution is -2.20. The molecule has 6 nitrogen and oxygen atoms in total. The van der Waals surface area contributed by atoms with Crippen molar-refractivity contribution in [1.82, 2.24) is 4.72 Å². The standard InChI is InChI=1S/C13H23N3O3S/c1-3-4-8-19-9-7-16-11-5-6-13(12(14)10-11)20(17,18)15-2/h5-6,10,15-16H,3-4,7-9,14H2,1-2H3. The molecule has 0 unspecified atom stereocenters. The number of rotatable bonds is 9. The second kappa shape index (κ2) is 8.08. The number of nitrogens with one attached hydrogen (secondary N) is 2. The summed E-state index contributed by atoms with van der Waals surface area (Å²) in [5.74, 6) is 0. The molecular weight excluding hydrogens is 278 g/mol. The molecule has 0 spiro atoms. The van der Waals surface area contributed by atoms with Crippen molar-refractivity contribution in [3.05, 3.63) is 18.2 Å². The van der Waals surface area contributed by atoms with Crippen molar-refractivity contribution in [2.24, 2.45) is 0 Å². The van der Waals surface area contributed by atoms with Gasteiger partial charge < -0.3 is 15.8 Å². The summed E-state index contributed by atoms with van der Waals surface area (Å²) in [7, 11) is -2.15. The molecule has 1 aromatic carbocycles. The van der Waals surface area contributed by atoms with Crippen LogP contribution in [0.15, 0.2) is 23.1 Å². The summed E-state index contributed by atoms with van der Waals surface area (Å²) in [6, 6.07) is 4.78. The van der Waals surface area contributed by atoms with Crippen LogP contribution in [-0.2, 0) is 14.8 Å². The molecule has 0 atom stereocenters. The monoisotopic (exact) mass is 301 g/mol. The number of nitrogen functional groups attached to an aromatic ring is 1. The summed E-state index contributed by atoms with van der Waals surface area (Å²) < 4.78 is 31.0. The van der Waals surface area contributed by atoms with E-state index < -0.39 is 10.0 Å². The predicted molar refractivity (Wildman–Crippen MR) is 81.3 cm³/mol. The van der Waals surface area contributed by atoms with E-state index >= 15 is 0 Å². The van der Waals surface area contributed by atoms with E-state index in [1.165, 1.54) is 13.1 Å². The van der Waals surface area contributed by atoms with E-state index in [-0.39, 0.29) is 10.6 Å². The Morgan fingerprint density at radius 3 is 2.65 bits per heavy atom. The zero-order valence-corrected chi connectivity index (χ0v) is 12.8. The molecule has 0 aromatic heterocycles. The molecule has 1 rings (SSSR count). The number of nitrogens with two attached hydrogens (primary N) is 1. The van der Waals surface area contributed by atoms with Crippen LogP contribution in [0.25, 0.3) is 0 Å². The lowest BCUT2D eigenvalue weighted by molar-refractivity contribution is 0.141. The maximum atomic E-state index is 11.7. The third kappa shape index (κ3) is 4.99. The molecule has 0 aliphatic rings. The molecule has 1 aromatic rings. The Kier molecular flexibility index (Phi) is 6.77. The highest BCUT2D eigenvalue weighted by atomic mass is 32.2.